The van der Waals surface area contributed by atoms with Crippen molar-refractivity contribution >= 4 is 6.41 Å². The van der Waals surface area contributed by atoms with Gasteiger partial charge in [0.1, 0.15) is 5.76 Å². The maximum absolute atomic E-state index is 9.97. The number of aliphatic hydroxyl groups excluding tert-OH is 1. The molecule has 0 saturated carbocycles. The van der Waals surface area contributed by atoms with Crippen LogP contribution in [0.4, 0.5) is 0 Å². The summed E-state index contributed by atoms with van der Waals surface area (Å²) in [5.74, 6) is -0.180. The van der Waals surface area contributed by atoms with E-state index >= 15 is 0 Å². The maximum Gasteiger partial charge on any atom is 0.211 e. The first-order chi connectivity index (χ1) is 6.07. The van der Waals surface area contributed by atoms with Crippen molar-refractivity contribution in [3.63, 3.8) is 0 Å². The third kappa shape index (κ3) is 8.40. The molecule has 0 atom stereocenters. The van der Waals surface area contributed by atoms with E-state index in [9.17, 15) is 4.79 Å². The summed E-state index contributed by atoms with van der Waals surface area (Å²) in [5.41, 5.74) is 0.997. The third-order valence-corrected chi connectivity index (χ3v) is 0.916. The molecule has 0 saturated heterocycles. The second-order valence-electron chi connectivity index (χ2n) is 2.11. The number of allylic oxidation sites excluding steroid dienone is 2. The Hall–Kier alpha value is -1.51. The van der Waals surface area contributed by atoms with Crippen LogP contribution in [0, 0.1) is 0 Å². The monoisotopic (exact) mass is 183 g/mol. The second kappa shape index (κ2) is 8.59. The lowest BCUT2D eigenvalue weighted by molar-refractivity contribution is -0.108. The van der Waals surface area contributed by atoms with Crippen LogP contribution in [0.3, 0.4) is 0 Å². The van der Waals surface area contributed by atoms with Gasteiger partial charge in [-0.25, -0.2) is 0 Å². The number of rotatable bonds is 4. The van der Waals surface area contributed by atoms with Crippen LogP contribution in [0.1, 0.15) is 20.8 Å². The van der Waals surface area contributed by atoms with E-state index in [-0.39, 0.29) is 11.5 Å². The maximum atomic E-state index is 9.97. The third-order valence-electron chi connectivity index (χ3n) is 0.916. The topological polar surface area (TPSA) is 49.3 Å². The summed E-state index contributed by atoms with van der Waals surface area (Å²) in [6.07, 6.45) is 1.99. The molecule has 0 aliphatic heterocycles. The van der Waals surface area contributed by atoms with Crippen molar-refractivity contribution in [2.75, 3.05) is 0 Å². The number of hydrogen-bond donors (Lipinski definition) is 2. The van der Waals surface area contributed by atoms with Gasteiger partial charge in [-0.2, -0.15) is 0 Å². The van der Waals surface area contributed by atoms with Crippen LogP contribution >= 0.6 is 0 Å². The summed E-state index contributed by atoms with van der Waals surface area (Å²) >= 11 is 0. The molecule has 1 amide bonds. The molecule has 0 aliphatic carbocycles. The first kappa shape index (κ1) is 14.0. The average Bonchev–Trinajstić information content (AvgIpc) is 2.06. The van der Waals surface area contributed by atoms with Crippen LogP contribution in [-0.4, -0.2) is 11.5 Å². The van der Waals surface area contributed by atoms with Crippen molar-refractivity contribution in [3.05, 3.63) is 36.3 Å². The molecule has 0 bridgehead atoms. The van der Waals surface area contributed by atoms with Gasteiger partial charge in [-0.15, -0.1) is 0 Å². The molecule has 0 fully saturated rings. The van der Waals surface area contributed by atoms with E-state index in [1.54, 1.807) is 6.92 Å². The Morgan fingerprint density at radius 3 is 2.08 bits per heavy atom. The molecule has 0 aromatic heterocycles. The Morgan fingerprint density at radius 2 is 1.85 bits per heavy atom. The standard InChI is InChI=1S/C8H11NO2.C2H6/c1-6(2)4-8(7(3)11)9-5-10;1-2/h4-5,11H,1,3H2,2H3,(H,9,10);1-2H3/b8-4+;. The van der Waals surface area contributed by atoms with Crippen molar-refractivity contribution < 1.29 is 9.90 Å². The Bertz CT molecular complexity index is 217. The number of amides is 1. The average molecular weight is 183 g/mol. The van der Waals surface area contributed by atoms with Crippen LogP contribution in [0.25, 0.3) is 0 Å². The van der Waals surface area contributed by atoms with Gasteiger partial charge in [-0.05, 0) is 13.0 Å². The predicted octanol–water partition coefficient (Wildman–Crippen LogP) is 2.29. The van der Waals surface area contributed by atoms with Gasteiger partial charge in [0.2, 0.25) is 6.41 Å². The fourth-order valence-corrected chi connectivity index (χ4v) is 0.518. The molecule has 0 heterocycles. The van der Waals surface area contributed by atoms with E-state index < -0.39 is 0 Å². The van der Waals surface area contributed by atoms with Gasteiger partial charge in [-0.3, -0.25) is 4.79 Å². The second-order valence-corrected chi connectivity index (χ2v) is 2.11. The Labute approximate surface area is 79.5 Å². The summed E-state index contributed by atoms with van der Waals surface area (Å²) in [6.45, 7) is 12.6. The molecule has 0 aromatic rings. The number of aliphatic hydroxyl groups is 1. The largest absolute Gasteiger partial charge is 0.506 e. The Morgan fingerprint density at radius 1 is 1.38 bits per heavy atom. The van der Waals surface area contributed by atoms with E-state index in [0.717, 1.165) is 5.57 Å². The normalized spacial score (nSPS) is 9.31. The van der Waals surface area contributed by atoms with Crippen LogP contribution in [0.2, 0.25) is 0 Å². The number of nitrogens with one attached hydrogen (secondary N) is 1. The van der Waals surface area contributed by atoms with Gasteiger partial charge in [0.25, 0.3) is 0 Å². The van der Waals surface area contributed by atoms with Crippen LogP contribution in [-0.2, 0) is 4.79 Å². The van der Waals surface area contributed by atoms with Gasteiger partial charge in [0.15, 0.2) is 0 Å². The fourth-order valence-electron chi connectivity index (χ4n) is 0.518. The molecular formula is C10H17NO2. The highest BCUT2D eigenvalue weighted by Gasteiger charge is 1.97. The van der Waals surface area contributed by atoms with E-state index in [1.807, 2.05) is 13.8 Å². The minimum absolute atomic E-state index is 0.180. The molecule has 0 aromatic carbocycles. The summed E-state index contributed by atoms with van der Waals surface area (Å²) in [5, 5.41) is 11.2. The van der Waals surface area contributed by atoms with Gasteiger partial charge >= 0.3 is 0 Å². The SMILES string of the molecule is C=C(C)/C=C(/NC=O)C(=C)O.CC. The zero-order valence-electron chi connectivity index (χ0n) is 8.42. The minimum Gasteiger partial charge on any atom is -0.506 e. The summed E-state index contributed by atoms with van der Waals surface area (Å²) in [4.78, 5) is 9.97. The lowest BCUT2D eigenvalue weighted by atomic mass is 10.2. The van der Waals surface area contributed by atoms with Crippen molar-refractivity contribution in [1.82, 2.24) is 5.32 Å². The number of carbonyl (C=O) groups is 1. The predicted molar refractivity (Wildman–Crippen MR) is 55.2 cm³/mol. The van der Waals surface area contributed by atoms with Crippen molar-refractivity contribution in [2.45, 2.75) is 20.8 Å². The minimum atomic E-state index is -0.180. The van der Waals surface area contributed by atoms with Crippen molar-refractivity contribution in [1.29, 1.82) is 0 Å². The zero-order valence-corrected chi connectivity index (χ0v) is 8.42. The summed E-state index contributed by atoms with van der Waals surface area (Å²) in [6, 6.07) is 0. The van der Waals surface area contributed by atoms with Crippen molar-refractivity contribution in [3.8, 4) is 0 Å². The van der Waals surface area contributed by atoms with Crippen LogP contribution in [0.5, 0.6) is 0 Å². The zero-order chi connectivity index (χ0) is 10.9. The first-order valence-corrected chi connectivity index (χ1v) is 4.03. The highest BCUT2D eigenvalue weighted by atomic mass is 16.3. The lowest BCUT2D eigenvalue weighted by Gasteiger charge is -2.02. The van der Waals surface area contributed by atoms with E-state index in [2.05, 4.69) is 18.5 Å². The van der Waals surface area contributed by atoms with E-state index in [0.29, 0.717) is 6.41 Å². The Balaban J connectivity index is 0. The van der Waals surface area contributed by atoms with E-state index in [1.165, 1.54) is 6.08 Å². The molecule has 2 N–H and O–H groups in total. The first-order valence-electron chi connectivity index (χ1n) is 4.03. The van der Waals surface area contributed by atoms with Gasteiger partial charge in [-0.1, -0.05) is 32.6 Å². The quantitative estimate of drug-likeness (QED) is 0.399. The molecule has 13 heavy (non-hydrogen) atoms. The highest BCUT2D eigenvalue weighted by molar-refractivity contribution is 5.53. The highest BCUT2D eigenvalue weighted by Crippen LogP contribution is 2.02. The summed E-state index contributed by atoms with van der Waals surface area (Å²) < 4.78 is 0. The van der Waals surface area contributed by atoms with Crippen LogP contribution < -0.4 is 5.32 Å². The number of carbonyl (C=O) groups excluding carboxylic acids is 1. The molecule has 0 unspecified atom stereocenters. The molecule has 0 radical (unpaired) electrons. The molecule has 0 aliphatic rings. The lowest BCUT2D eigenvalue weighted by Crippen LogP contribution is -2.11. The van der Waals surface area contributed by atoms with Gasteiger partial charge in [0.05, 0.1) is 5.70 Å². The number of hydrogen-bond acceptors (Lipinski definition) is 2. The molecule has 0 rings (SSSR count). The van der Waals surface area contributed by atoms with Crippen molar-refractivity contribution in [2.24, 2.45) is 0 Å². The van der Waals surface area contributed by atoms with Crippen LogP contribution in [0.15, 0.2) is 36.3 Å². The smallest absolute Gasteiger partial charge is 0.211 e. The van der Waals surface area contributed by atoms with Gasteiger partial charge < -0.3 is 10.4 Å². The Kier molecular flexibility index (Phi) is 9.27. The molecule has 74 valence electrons. The molecule has 3 nitrogen and oxygen atoms in total. The molecular weight excluding hydrogens is 166 g/mol. The van der Waals surface area contributed by atoms with E-state index in [4.69, 9.17) is 5.11 Å². The summed E-state index contributed by atoms with van der Waals surface area (Å²) in [7, 11) is 0. The molecule has 3 heteroatoms. The molecule has 0 spiro atoms. The fraction of sp³-hybridized carbons (Fsp3) is 0.300. The van der Waals surface area contributed by atoms with Gasteiger partial charge in [0, 0.05) is 0 Å².